The summed E-state index contributed by atoms with van der Waals surface area (Å²) in [7, 11) is 6.32. The molecule has 0 bridgehead atoms. The van der Waals surface area contributed by atoms with Crippen LogP contribution < -0.4 is 27.0 Å². The largest absolute Gasteiger partial charge is 1.00 e. The molecule has 1 amide bonds. The fourth-order valence-corrected chi connectivity index (χ4v) is 5.60. The van der Waals surface area contributed by atoms with Crippen LogP contribution in [-0.4, -0.2) is 75.9 Å². The Balaban J connectivity index is 0.0000240. The molecule has 50 heavy (non-hydrogen) atoms. The number of hydrogen-bond donors (Lipinski definition) is 1. The van der Waals surface area contributed by atoms with Crippen LogP contribution in [0.4, 0.5) is 0 Å². The zero-order chi connectivity index (χ0) is 36.0. The number of rotatable bonds is 32. The van der Waals surface area contributed by atoms with Gasteiger partial charge in [-0.15, -0.1) is 0 Å². The number of nitrogens with zero attached hydrogens (tertiary/aromatic N) is 1. The van der Waals surface area contributed by atoms with E-state index in [1.807, 2.05) is 0 Å². The lowest BCUT2D eigenvalue weighted by Gasteiger charge is -2.23. The van der Waals surface area contributed by atoms with E-state index < -0.39 is 17.9 Å². The number of likely N-dealkylation sites (N-methyl/N-ethyl adjacent to an activating group) is 1. The second-order valence-corrected chi connectivity index (χ2v) is 14.7. The van der Waals surface area contributed by atoms with Gasteiger partial charge in [-0.1, -0.05) is 129 Å². The first-order valence-electron chi connectivity index (χ1n) is 19.8. The summed E-state index contributed by atoms with van der Waals surface area (Å²) in [5.74, 6) is -0.569. The topological polar surface area (TPSA) is 90.9 Å². The number of esters is 2. The van der Waals surface area contributed by atoms with E-state index in [4.69, 9.17) is 14.2 Å². The Bertz CT molecular complexity index is 982. The lowest BCUT2D eigenvalue weighted by atomic mass is 10.1. The number of amides is 1. The lowest BCUT2D eigenvalue weighted by Crippen LogP contribution is -3.00. The molecule has 0 saturated heterocycles. The molecule has 1 aromatic carbocycles. The van der Waals surface area contributed by atoms with Crippen LogP contribution in [-0.2, 0) is 19.1 Å². The zero-order valence-electron chi connectivity index (χ0n) is 32.5. The van der Waals surface area contributed by atoms with Gasteiger partial charge in [0, 0.05) is 12.0 Å². The Morgan fingerprint density at radius 3 is 1.52 bits per heavy atom. The van der Waals surface area contributed by atoms with Crippen molar-refractivity contribution in [2.75, 3.05) is 47.5 Å². The van der Waals surface area contributed by atoms with Crippen molar-refractivity contribution in [3.05, 3.63) is 29.8 Å². The summed E-state index contributed by atoms with van der Waals surface area (Å²) in [6, 6.07) is 5.95. The van der Waals surface area contributed by atoms with Crippen molar-refractivity contribution < 1.29 is 50.1 Å². The minimum absolute atomic E-state index is 0. The summed E-state index contributed by atoms with van der Waals surface area (Å²) in [5.41, 5.74) is 0.412. The Kier molecular flexibility index (Phi) is 30.2. The number of halogens is 1. The van der Waals surface area contributed by atoms with Crippen LogP contribution in [0.1, 0.15) is 165 Å². The molecule has 0 heterocycles. The summed E-state index contributed by atoms with van der Waals surface area (Å²) in [6.45, 7) is 6.60. The number of unbranched alkanes of at least 4 members (excludes halogenated alkanes) is 18. The predicted octanol–water partition coefficient (Wildman–Crippen LogP) is 6.58. The van der Waals surface area contributed by atoms with Gasteiger partial charge in [-0.3, -0.25) is 9.59 Å². The number of ether oxygens (including phenoxy) is 3. The summed E-state index contributed by atoms with van der Waals surface area (Å²) in [6.07, 6.45) is 24.3. The van der Waals surface area contributed by atoms with E-state index in [0.29, 0.717) is 31.1 Å². The van der Waals surface area contributed by atoms with E-state index >= 15 is 0 Å². The van der Waals surface area contributed by atoms with Crippen LogP contribution in [0.25, 0.3) is 0 Å². The third-order valence-corrected chi connectivity index (χ3v) is 8.88. The zero-order valence-corrected chi connectivity index (χ0v) is 34.1. The molecular weight excluding hydrogens is 696 g/mol. The number of benzene rings is 1. The molecule has 0 unspecified atom stereocenters. The molecule has 0 saturated carbocycles. The molecule has 0 aliphatic carbocycles. The van der Waals surface area contributed by atoms with Gasteiger partial charge in [-0.25, -0.2) is 4.79 Å². The standard InChI is InChI=1S/C41H72N2O6.BrH/c1-6-8-10-12-14-16-18-20-22-24-33-48-39(44)31-30-38(41(46)49-34-25-23-21-19-17-15-13-11-9-7-2)42-40(45)36-26-28-37(29-27-36)47-35-32-43(3,4)5;/h26-29,38H,6-25,30-35H2,1-5H3;1H/t38-;/m0./s1. The maximum atomic E-state index is 13.1. The number of hydrogen-bond acceptors (Lipinski definition) is 6. The van der Waals surface area contributed by atoms with E-state index in [0.717, 1.165) is 49.6 Å². The highest BCUT2D eigenvalue weighted by Gasteiger charge is 2.24. The number of quaternary nitrogens is 1. The Labute approximate surface area is 316 Å². The maximum Gasteiger partial charge on any atom is 0.328 e. The van der Waals surface area contributed by atoms with Gasteiger partial charge in [0.15, 0.2) is 0 Å². The minimum atomic E-state index is -0.930. The Hall–Kier alpha value is -2.13. The average Bonchev–Trinajstić information content (AvgIpc) is 3.07. The quantitative estimate of drug-likeness (QED) is 0.0506. The molecular formula is C41H73BrN2O6. The molecule has 1 rings (SSSR count). The molecule has 0 aliphatic rings. The van der Waals surface area contributed by atoms with Crippen LogP contribution in [0.15, 0.2) is 24.3 Å². The molecule has 0 spiro atoms. The average molecular weight is 770 g/mol. The van der Waals surface area contributed by atoms with Crippen LogP contribution in [0.3, 0.4) is 0 Å². The normalized spacial score (nSPS) is 11.8. The van der Waals surface area contributed by atoms with E-state index in [1.165, 1.54) is 89.9 Å². The Morgan fingerprint density at radius 2 is 1.06 bits per heavy atom. The summed E-state index contributed by atoms with van der Waals surface area (Å²) >= 11 is 0. The summed E-state index contributed by atoms with van der Waals surface area (Å²) in [5, 5.41) is 2.81. The first-order valence-corrected chi connectivity index (χ1v) is 19.8. The second-order valence-electron chi connectivity index (χ2n) is 14.7. The minimum Gasteiger partial charge on any atom is -1.00 e. The third kappa shape index (κ3) is 27.6. The van der Waals surface area contributed by atoms with Gasteiger partial charge >= 0.3 is 11.9 Å². The molecule has 0 aromatic heterocycles. The first-order chi connectivity index (χ1) is 23.7. The summed E-state index contributed by atoms with van der Waals surface area (Å²) in [4.78, 5) is 38.7. The van der Waals surface area contributed by atoms with Crippen molar-refractivity contribution >= 4 is 17.8 Å². The first kappa shape index (κ1) is 47.9. The van der Waals surface area contributed by atoms with Crippen LogP contribution >= 0.6 is 0 Å². The molecule has 9 heteroatoms. The second kappa shape index (κ2) is 31.6. The van der Waals surface area contributed by atoms with Crippen molar-refractivity contribution in [3.63, 3.8) is 0 Å². The molecule has 0 aliphatic heterocycles. The van der Waals surface area contributed by atoms with Gasteiger partial charge in [-0.2, -0.15) is 0 Å². The van der Waals surface area contributed by atoms with Crippen molar-refractivity contribution in [1.29, 1.82) is 0 Å². The molecule has 1 aromatic rings. The van der Waals surface area contributed by atoms with Crippen molar-refractivity contribution in [3.8, 4) is 5.75 Å². The molecule has 0 fully saturated rings. The lowest BCUT2D eigenvalue weighted by molar-refractivity contribution is -0.870. The van der Waals surface area contributed by atoms with Crippen molar-refractivity contribution in [1.82, 2.24) is 5.32 Å². The monoisotopic (exact) mass is 768 g/mol. The van der Waals surface area contributed by atoms with Crippen molar-refractivity contribution in [2.24, 2.45) is 0 Å². The molecule has 0 radical (unpaired) electrons. The van der Waals surface area contributed by atoms with E-state index in [-0.39, 0.29) is 35.8 Å². The van der Waals surface area contributed by atoms with E-state index in [2.05, 4.69) is 40.3 Å². The highest BCUT2D eigenvalue weighted by Crippen LogP contribution is 2.15. The number of carbonyl (C=O) groups excluding carboxylic acids is 3. The molecule has 1 atom stereocenters. The van der Waals surface area contributed by atoms with E-state index in [9.17, 15) is 14.4 Å². The van der Waals surface area contributed by atoms with Crippen LogP contribution in [0.5, 0.6) is 5.75 Å². The van der Waals surface area contributed by atoms with E-state index in [1.54, 1.807) is 24.3 Å². The van der Waals surface area contributed by atoms with Gasteiger partial charge in [0.25, 0.3) is 5.91 Å². The number of carbonyl (C=O) groups is 3. The number of nitrogens with one attached hydrogen (secondary N) is 1. The smallest absolute Gasteiger partial charge is 0.328 e. The van der Waals surface area contributed by atoms with Gasteiger partial charge in [0.1, 0.15) is 24.9 Å². The van der Waals surface area contributed by atoms with Crippen LogP contribution in [0.2, 0.25) is 0 Å². The van der Waals surface area contributed by atoms with Crippen molar-refractivity contribution in [2.45, 2.75) is 161 Å². The van der Waals surface area contributed by atoms with Gasteiger partial charge in [0.2, 0.25) is 0 Å². The fourth-order valence-electron chi connectivity index (χ4n) is 5.60. The molecule has 1 N–H and O–H groups in total. The predicted molar refractivity (Wildman–Crippen MR) is 201 cm³/mol. The highest BCUT2D eigenvalue weighted by atomic mass is 79.9. The van der Waals surface area contributed by atoms with Crippen LogP contribution in [0, 0.1) is 0 Å². The fraction of sp³-hybridized carbons (Fsp3) is 0.780. The van der Waals surface area contributed by atoms with Gasteiger partial charge in [0.05, 0.1) is 34.4 Å². The molecule has 290 valence electrons. The maximum absolute atomic E-state index is 13.1. The summed E-state index contributed by atoms with van der Waals surface area (Å²) < 4.78 is 17.6. The highest BCUT2D eigenvalue weighted by molar-refractivity contribution is 5.97. The van der Waals surface area contributed by atoms with Gasteiger partial charge < -0.3 is 41.0 Å². The third-order valence-electron chi connectivity index (χ3n) is 8.88. The van der Waals surface area contributed by atoms with Gasteiger partial charge in [-0.05, 0) is 43.5 Å². The Morgan fingerprint density at radius 1 is 0.620 bits per heavy atom. The molecule has 8 nitrogen and oxygen atoms in total. The SMILES string of the molecule is CCCCCCCCCCCCOC(=O)CC[C@H](NC(=O)c1ccc(OCC[N+](C)(C)C)cc1)C(=O)OCCCCCCCCCCCC.[Br-].